The van der Waals surface area contributed by atoms with Crippen molar-refractivity contribution in [1.29, 1.82) is 0 Å². The van der Waals surface area contributed by atoms with E-state index in [0.29, 0.717) is 0 Å². The van der Waals surface area contributed by atoms with E-state index < -0.39 is 18.2 Å². The van der Waals surface area contributed by atoms with E-state index in [4.69, 9.17) is 11.6 Å². The van der Waals surface area contributed by atoms with E-state index in [0.717, 1.165) is 0 Å². The number of hydrogen-bond donors (Lipinski definition) is 2. The smallest absolute Gasteiger partial charge is 0.322 e. The normalized spacial score (nSPS) is 19.8. The molecule has 0 aliphatic carbocycles. The molecule has 1 aliphatic rings. The van der Waals surface area contributed by atoms with Crippen molar-refractivity contribution >= 4 is 23.4 Å². The second-order valence-electron chi connectivity index (χ2n) is 3.13. The summed E-state index contributed by atoms with van der Waals surface area (Å²) >= 11 is 5.66. The van der Waals surface area contributed by atoms with Crippen LogP contribution in [0, 0.1) is 0 Å². The van der Waals surface area contributed by atoms with Gasteiger partial charge in [-0.15, -0.1) is 0 Å². The van der Waals surface area contributed by atoms with Gasteiger partial charge in [-0.3, -0.25) is 5.32 Å². The van der Waals surface area contributed by atoms with E-state index in [9.17, 15) is 18.0 Å². The van der Waals surface area contributed by atoms with Crippen LogP contribution in [0.15, 0.2) is 12.3 Å². The third-order valence-corrected chi connectivity index (χ3v) is 2.39. The summed E-state index contributed by atoms with van der Waals surface area (Å²) in [5.74, 6) is -0.168. The third-order valence-electron chi connectivity index (χ3n) is 2.06. The largest absolute Gasteiger partial charge is 0.413 e. The molecule has 0 saturated heterocycles. The van der Waals surface area contributed by atoms with Crippen LogP contribution in [0.25, 0.3) is 0 Å². The molecule has 8 heteroatoms. The van der Waals surface area contributed by atoms with Crippen molar-refractivity contribution in [3.63, 3.8) is 0 Å². The molecular formula is C8H5ClF3N3O. The Balaban J connectivity index is 2.56. The first-order valence-electron chi connectivity index (χ1n) is 4.18. The molecule has 1 unspecified atom stereocenters. The molecule has 2 rings (SSSR count). The predicted octanol–water partition coefficient (Wildman–Crippen LogP) is 2.47. The van der Waals surface area contributed by atoms with Gasteiger partial charge in [0.2, 0.25) is 0 Å². The topological polar surface area (TPSA) is 54.0 Å². The number of rotatable bonds is 0. The van der Waals surface area contributed by atoms with E-state index in [2.05, 4.69) is 10.3 Å². The number of carbonyl (C=O) groups is 1. The van der Waals surface area contributed by atoms with Gasteiger partial charge in [0.25, 0.3) is 0 Å². The Morgan fingerprint density at radius 1 is 1.44 bits per heavy atom. The minimum Gasteiger partial charge on any atom is -0.322 e. The van der Waals surface area contributed by atoms with Gasteiger partial charge in [-0.1, -0.05) is 11.6 Å². The van der Waals surface area contributed by atoms with Gasteiger partial charge in [0, 0.05) is 11.8 Å². The molecule has 1 atom stereocenters. The van der Waals surface area contributed by atoms with Crippen LogP contribution in [0.4, 0.5) is 23.8 Å². The fourth-order valence-electron chi connectivity index (χ4n) is 1.42. The van der Waals surface area contributed by atoms with Crippen molar-refractivity contribution in [3.05, 3.63) is 22.8 Å². The Morgan fingerprint density at radius 3 is 2.75 bits per heavy atom. The first-order chi connectivity index (χ1) is 7.39. The van der Waals surface area contributed by atoms with Gasteiger partial charge in [0.05, 0.1) is 5.02 Å². The summed E-state index contributed by atoms with van der Waals surface area (Å²) in [6, 6.07) is -1.85. The molecule has 2 N–H and O–H groups in total. The molecule has 0 fully saturated rings. The zero-order valence-electron chi connectivity index (χ0n) is 7.60. The predicted molar refractivity (Wildman–Crippen MR) is 50.2 cm³/mol. The van der Waals surface area contributed by atoms with Crippen LogP contribution in [-0.4, -0.2) is 17.2 Å². The average Bonchev–Trinajstić information content (AvgIpc) is 2.15. The van der Waals surface area contributed by atoms with E-state index in [1.165, 1.54) is 12.3 Å². The van der Waals surface area contributed by atoms with Crippen LogP contribution < -0.4 is 10.6 Å². The average molecular weight is 252 g/mol. The van der Waals surface area contributed by atoms with Gasteiger partial charge in [-0.05, 0) is 6.07 Å². The summed E-state index contributed by atoms with van der Waals surface area (Å²) in [7, 11) is 0. The van der Waals surface area contributed by atoms with Crippen LogP contribution in [-0.2, 0) is 0 Å². The monoisotopic (exact) mass is 251 g/mol. The number of carbonyl (C=O) groups excluding carboxylic acids is 1. The number of fused-ring (bicyclic) bond motifs is 1. The van der Waals surface area contributed by atoms with E-state index in [-0.39, 0.29) is 16.4 Å². The Hall–Kier alpha value is -1.50. The maximum absolute atomic E-state index is 12.6. The van der Waals surface area contributed by atoms with Crippen LogP contribution in [0.5, 0.6) is 0 Å². The molecule has 86 valence electrons. The van der Waals surface area contributed by atoms with Crippen molar-refractivity contribution in [2.24, 2.45) is 0 Å². The lowest BCUT2D eigenvalue weighted by Gasteiger charge is -2.28. The quantitative estimate of drug-likeness (QED) is 0.744. The highest BCUT2D eigenvalue weighted by molar-refractivity contribution is 6.32. The summed E-state index contributed by atoms with van der Waals surface area (Å²) in [4.78, 5) is 14.6. The molecule has 1 aromatic rings. The van der Waals surface area contributed by atoms with Gasteiger partial charge in [-0.25, -0.2) is 9.78 Å². The standard InChI is InChI=1S/C8H5ClF3N3O/c9-3-1-2-13-6-4(3)5(8(10,11)12)14-7(16)15-6/h1-2,5H,(H2,13,14,15,16). The van der Waals surface area contributed by atoms with Gasteiger partial charge < -0.3 is 5.32 Å². The molecule has 16 heavy (non-hydrogen) atoms. The van der Waals surface area contributed by atoms with Crippen LogP contribution in [0.2, 0.25) is 5.02 Å². The minimum absolute atomic E-state index is 0.0974. The number of urea groups is 1. The van der Waals surface area contributed by atoms with Gasteiger partial charge in [0.1, 0.15) is 5.82 Å². The minimum atomic E-state index is -4.61. The molecule has 0 radical (unpaired) electrons. The van der Waals surface area contributed by atoms with Gasteiger partial charge in [-0.2, -0.15) is 13.2 Å². The summed E-state index contributed by atoms with van der Waals surface area (Å²) in [5, 5.41) is 3.81. The molecule has 0 spiro atoms. The number of anilines is 1. The zero-order valence-corrected chi connectivity index (χ0v) is 8.36. The maximum Gasteiger partial charge on any atom is 0.413 e. The number of nitrogens with zero attached hydrogens (tertiary/aromatic N) is 1. The molecule has 4 nitrogen and oxygen atoms in total. The lowest BCUT2D eigenvalue weighted by Crippen LogP contribution is -2.44. The first-order valence-corrected chi connectivity index (χ1v) is 4.56. The summed E-state index contributed by atoms with van der Waals surface area (Å²) in [6.45, 7) is 0. The van der Waals surface area contributed by atoms with E-state index in [1.807, 2.05) is 0 Å². The van der Waals surface area contributed by atoms with Crippen molar-refractivity contribution in [3.8, 4) is 0 Å². The molecule has 2 heterocycles. The fourth-order valence-corrected chi connectivity index (χ4v) is 1.67. The highest BCUT2D eigenvalue weighted by Crippen LogP contribution is 2.40. The number of hydrogen-bond acceptors (Lipinski definition) is 2. The van der Waals surface area contributed by atoms with E-state index >= 15 is 0 Å². The van der Waals surface area contributed by atoms with Gasteiger partial charge in [0.15, 0.2) is 6.04 Å². The second-order valence-corrected chi connectivity index (χ2v) is 3.54. The number of alkyl halides is 3. The molecule has 0 bridgehead atoms. The highest BCUT2D eigenvalue weighted by atomic mass is 35.5. The van der Waals surface area contributed by atoms with Gasteiger partial charge >= 0.3 is 12.2 Å². The number of amides is 2. The Bertz CT molecular complexity index is 449. The van der Waals surface area contributed by atoms with Crippen molar-refractivity contribution in [2.45, 2.75) is 12.2 Å². The summed E-state index contributed by atoms with van der Waals surface area (Å²) < 4.78 is 37.9. The summed E-state index contributed by atoms with van der Waals surface area (Å²) in [5.41, 5.74) is -0.267. The fraction of sp³-hybridized carbons (Fsp3) is 0.250. The molecule has 1 aromatic heterocycles. The Labute approximate surface area is 92.8 Å². The maximum atomic E-state index is 12.6. The number of aromatic nitrogens is 1. The second kappa shape index (κ2) is 3.51. The van der Waals surface area contributed by atoms with Crippen LogP contribution in [0.1, 0.15) is 11.6 Å². The first kappa shape index (κ1) is 11.0. The number of pyridine rings is 1. The molecular weight excluding hydrogens is 247 g/mol. The van der Waals surface area contributed by atoms with Crippen molar-refractivity contribution < 1.29 is 18.0 Å². The Morgan fingerprint density at radius 2 is 2.12 bits per heavy atom. The molecule has 0 aromatic carbocycles. The number of nitrogens with one attached hydrogen (secondary N) is 2. The van der Waals surface area contributed by atoms with Crippen molar-refractivity contribution in [1.82, 2.24) is 10.3 Å². The lowest BCUT2D eigenvalue weighted by atomic mass is 10.1. The summed E-state index contributed by atoms with van der Waals surface area (Å²) in [6.07, 6.45) is -3.39. The molecule has 0 saturated carbocycles. The SMILES string of the molecule is O=C1Nc2nccc(Cl)c2C(C(F)(F)F)N1. The highest BCUT2D eigenvalue weighted by Gasteiger charge is 2.46. The van der Waals surface area contributed by atoms with Crippen LogP contribution in [0.3, 0.4) is 0 Å². The van der Waals surface area contributed by atoms with Crippen LogP contribution >= 0.6 is 11.6 Å². The third kappa shape index (κ3) is 1.78. The lowest BCUT2D eigenvalue weighted by molar-refractivity contribution is -0.155. The molecule has 1 aliphatic heterocycles. The number of halogens is 4. The Kier molecular flexibility index (Phi) is 2.42. The van der Waals surface area contributed by atoms with Crippen molar-refractivity contribution in [2.75, 3.05) is 5.32 Å². The zero-order chi connectivity index (χ0) is 11.9. The van der Waals surface area contributed by atoms with E-state index in [1.54, 1.807) is 5.32 Å². The molecule has 2 amide bonds.